The van der Waals surface area contributed by atoms with Crippen LogP contribution in [-0.4, -0.2) is 51.7 Å². The highest BCUT2D eigenvalue weighted by Gasteiger charge is 2.30. The lowest BCUT2D eigenvalue weighted by atomic mass is 9.96. The van der Waals surface area contributed by atoms with Crippen molar-refractivity contribution < 1.29 is 9.59 Å². The largest absolute Gasteiger partial charge is 0.341 e. The monoisotopic (exact) mass is 417 g/mol. The Morgan fingerprint density at radius 2 is 1.81 bits per heavy atom. The van der Waals surface area contributed by atoms with Gasteiger partial charge >= 0.3 is 6.03 Å². The Kier molecular flexibility index (Phi) is 6.31. The van der Waals surface area contributed by atoms with Crippen LogP contribution in [0.15, 0.2) is 73.1 Å². The quantitative estimate of drug-likeness (QED) is 0.687. The van der Waals surface area contributed by atoms with E-state index in [2.05, 4.69) is 10.4 Å². The van der Waals surface area contributed by atoms with Crippen molar-refractivity contribution >= 4 is 17.6 Å². The molecular formula is C24H27N5O2. The fourth-order valence-corrected chi connectivity index (χ4v) is 3.91. The Morgan fingerprint density at radius 3 is 2.55 bits per heavy atom. The van der Waals surface area contributed by atoms with Crippen LogP contribution in [-0.2, 0) is 11.3 Å². The van der Waals surface area contributed by atoms with Gasteiger partial charge in [0.05, 0.1) is 17.8 Å². The number of anilines is 1. The van der Waals surface area contributed by atoms with E-state index in [9.17, 15) is 9.59 Å². The molecule has 1 fully saturated rings. The number of rotatable bonds is 5. The first-order valence-electron chi connectivity index (χ1n) is 10.5. The second-order valence-electron chi connectivity index (χ2n) is 7.90. The highest BCUT2D eigenvalue weighted by Crippen LogP contribution is 2.21. The number of hydrogen-bond donors (Lipinski definition) is 1. The van der Waals surface area contributed by atoms with Gasteiger partial charge in [0.25, 0.3) is 0 Å². The fourth-order valence-electron chi connectivity index (χ4n) is 3.91. The second kappa shape index (κ2) is 9.47. The number of para-hydroxylation sites is 2. The lowest BCUT2D eigenvalue weighted by Gasteiger charge is -2.34. The van der Waals surface area contributed by atoms with E-state index in [4.69, 9.17) is 0 Å². The number of aromatic nitrogens is 2. The summed E-state index contributed by atoms with van der Waals surface area (Å²) in [7, 11) is 1.81. The summed E-state index contributed by atoms with van der Waals surface area (Å²) in [5, 5.41) is 7.31. The predicted molar refractivity (Wildman–Crippen MR) is 120 cm³/mol. The van der Waals surface area contributed by atoms with Crippen molar-refractivity contribution in [1.82, 2.24) is 19.6 Å². The molecule has 2 aromatic carbocycles. The smallest absolute Gasteiger partial charge is 0.321 e. The van der Waals surface area contributed by atoms with Gasteiger partial charge in [0.15, 0.2) is 0 Å². The van der Waals surface area contributed by atoms with Crippen LogP contribution in [0, 0.1) is 5.92 Å². The zero-order valence-corrected chi connectivity index (χ0v) is 17.6. The molecule has 4 rings (SSSR count). The summed E-state index contributed by atoms with van der Waals surface area (Å²) in [4.78, 5) is 29.1. The van der Waals surface area contributed by atoms with Gasteiger partial charge in [-0.2, -0.15) is 5.10 Å². The number of hydrogen-bond acceptors (Lipinski definition) is 3. The standard InChI is InChI=1S/C24H27N5O2/c1-27(16-19-15-25-29(17-19)22-12-6-3-7-13-22)23(30)20-9-8-14-28(18-20)24(31)26-21-10-4-2-5-11-21/h2-7,10-13,15,17,20H,8-9,14,16,18H2,1H3,(H,26,31). The summed E-state index contributed by atoms with van der Waals surface area (Å²) in [6.45, 7) is 1.58. The highest BCUT2D eigenvalue weighted by molar-refractivity contribution is 5.90. The van der Waals surface area contributed by atoms with Crippen LogP contribution in [0.4, 0.5) is 10.5 Å². The summed E-state index contributed by atoms with van der Waals surface area (Å²) in [5.41, 5.74) is 2.71. The zero-order valence-electron chi connectivity index (χ0n) is 17.6. The van der Waals surface area contributed by atoms with Gasteiger partial charge in [-0.25, -0.2) is 9.48 Å². The molecule has 0 bridgehead atoms. The normalized spacial score (nSPS) is 16.0. The van der Waals surface area contributed by atoms with Gasteiger partial charge in [-0.05, 0) is 37.1 Å². The minimum atomic E-state index is -0.190. The van der Waals surface area contributed by atoms with Crippen molar-refractivity contribution in [2.45, 2.75) is 19.4 Å². The molecule has 3 amide bonds. The van der Waals surface area contributed by atoms with Crippen molar-refractivity contribution in [2.75, 3.05) is 25.5 Å². The second-order valence-corrected chi connectivity index (χ2v) is 7.90. The molecule has 1 aliphatic heterocycles. The maximum Gasteiger partial charge on any atom is 0.321 e. The molecule has 1 aromatic heterocycles. The molecule has 2 heterocycles. The van der Waals surface area contributed by atoms with Crippen LogP contribution in [0.5, 0.6) is 0 Å². The van der Waals surface area contributed by atoms with Crippen molar-refractivity contribution in [2.24, 2.45) is 5.92 Å². The number of likely N-dealkylation sites (tertiary alicyclic amines) is 1. The molecule has 0 saturated carbocycles. The first-order valence-corrected chi connectivity index (χ1v) is 10.5. The number of benzene rings is 2. The average Bonchev–Trinajstić information content (AvgIpc) is 3.28. The minimum Gasteiger partial charge on any atom is -0.341 e. The molecule has 1 atom stereocenters. The minimum absolute atomic E-state index is 0.0599. The van der Waals surface area contributed by atoms with Crippen LogP contribution in [0.1, 0.15) is 18.4 Å². The van der Waals surface area contributed by atoms with Gasteiger partial charge in [0, 0.05) is 44.1 Å². The van der Waals surface area contributed by atoms with Crippen molar-refractivity contribution in [1.29, 1.82) is 0 Å². The summed E-state index contributed by atoms with van der Waals surface area (Å²) in [5.74, 6) is -0.130. The molecular weight excluding hydrogens is 390 g/mol. The van der Waals surface area contributed by atoms with E-state index in [0.717, 1.165) is 29.8 Å². The van der Waals surface area contributed by atoms with Crippen LogP contribution in [0.25, 0.3) is 5.69 Å². The van der Waals surface area contributed by atoms with E-state index in [1.807, 2.05) is 78.6 Å². The topological polar surface area (TPSA) is 70.5 Å². The number of nitrogens with zero attached hydrogens (tertiary/aromatic N) is 4. The van der Waals surface area contributed by atoms with Gasteiger partial charge in [-0.1, -0.05) is 36.4 Å². The van der Waals surface area contributed by atoms with Gasteiger partial charge < -0.3 is 15.1 Å². The maximum absolute atomic E-state index is 13.0. The van der Waals surface area contributed by atoms with Gasteiger partial charge in [0.1, 0.15) is 0 Å². The third-order valence-electron chi connectivity index (χ3n) is 5.54. The average molecular weight is 418 g/mol. The van der Waals surface area contributed by atoms with Gasteiger partial charge in [-0.3, -0.25) is 4.79 Å². The van der Waals surface area contributed by atoms with Crippen molar-refractivity contribution in [3.8, 4) is 5.69 Å². The number of amides is 3. The lowest BCUT2D eigenvalue weighted by molar-refractivity contribution is -0.136. The summed E-state index contributed by atoms with van der Waals surface area (Å²) < 4.78 is 1.81. The van der Waals surface area contributed by atoms with Crippen LogP contribution >= 0.6 is 0 Å². The van der Waals surface area contributed by atoms with Crippen LogP contribution in [0.3, 0.4) is 0 Å². The Morgan fingerprint density at radius 1 is 1.10 bits per heavy atom. The van der Waals surface area contributed by atoms with Crippen molar-refractivity contribution in [3.63, 3.8) is 0 Å². The Labute approximate surface area is 182 Å². The third kappa shape index (κ3) is 5.12. The van der Waals surface area contributed by atoms with E-state index >= 15 is 0 Å². The van der Waals surface area contributed by atoms with Gasteiger partial charge in [0.2, 0.25) is 5.91 Å². The number of urea groups is 1. The first kappa shape index (κ1) is 20.7. The Balaban J connectivity index is 1.34. The number of piperidine rings is 1. The van der Waals surface area contributed by atoms with E-state index in [-0.39, 0.29) is 17.9 Å². The lowest BCUT2D eigenvalue weighted by Crippen LogP contribution is -2.47. The SMILES string of the molecule is CN(Cc1cnn(-c2ccccc2)c1)C(=O)C1CCCN(C(=O)Nc2ccccc2)C1. The molecule has 31 heavy (non-hydrogen) atoms. The van der Waals surface area contributed by atoms with E-state index in [0.29, 0.717) is 19.6 Å². The molecule has 1 saturated heterocycles. The number of carbonyl (C=O) groups excluding carboxylic acids is 2. The highest BCUT2D eigenvalue weighted by atomic mass is 16.2. The molecule has 1 N–H and O–H groups in total. The first-order chi connectivity index (χ1) is 15.1. The van der Waals surface area contributed by atoms with Crippen LogP contribution in [0.2, 0.25) is 0 Å². The molecule has 1 unspecified atom stereocenters. The third-order valence-corrected chi connectivity index (χ3v) is 5.54. The molecule has 7 heteroatoms. The Bertz CT molecular complexity index is 1020. The number of nitrogens with one attached hydrogen (secondary N) is 1. The van der Waals surface area contributed by atoms with E-state index in [1.165, 1.54) is 0 Å². The van der Waals surface area contributed by atoms with E-state index in [1.54, 1.807) is 16.0 Å². The fraction of sp³-hybridized carbons (Fsp3) is 0.292. The number of carbonyl (C=O) groups is 2. The summed E-state index contributed by atoms with van der Waals surface area (Å²) >= 11 is 0. The molecule has 0 aliphatic carbocycles. The zero-order chi connectivity index (χ0) is 21.6. The predicted octanol–water partition coefficient (Wildman–Crippen LogP) is 3.77. The molecule has 160 valence electrons. The maximum atomic E-state index is 13.0. The molecule has 7 nitrogen and oxygen atoms in total. The molecule has 3 aromatic rings. The molecule has 0 spiro atoms. The summed E-state index contributed by atoms with van der Waals surface area (Å²) in [6, 6.07) is 19.1. The molecule has 0 radical (unpaired) electrons. The summed E-state index contributed by atoms with van der Waals surface area (Å²) in [6.07, 6.45) is 5.34. The van der Waals surface area contributed by atoms with E-state index < -0.39 is 0 Å². The molecule has 1 aliphatic rings. The van der Waals surface area contributed by atoms with Gasteiger partial charge in [-0.15, -0.1) is 0 Å². The van der Waals surface area contributed by atoms with Crippen LogP contribution < -0.4 is 5.32 Å². The van der Waals surface area contributed by atoms with Crippen molar-refractivity contribution in [3.05, 3.63) is 78.6 Å². The Hall–Kier alpha value is -3.61.